The lowest BCUT2D eigenvalue weighted by Gasteiger charge is -2.20. The highest BCUT2D eigenvalue weighted by atomic mass is 35.5. The number of pyridine rings is 1. The molecule has 154 valence electrons. The average molecular weight is 442 g/mol. The first-order chi connectivity index (χ1) is 14.5. The molecule has 1 aromatic carbocycles. The molecule has 3 aromatic heterocycles. The van der Waals surface area contributed by atoms with E-state index in [1.807, 2.05) is 61.1 Å². The van der Waals surface area contributed by atoms with Gasteiger partial charge in [-0.2, -0.15) is 4.98 Å². The lowest BCUT2D eigenvalue weighted by atomic mass is 10.2. The van der Waals surface area contributed by atoms with Gasteiger partial charge in [0.2, 0.25) is 11.7 Å². The zero-order chi connectivity index (χ0) is 21.1. The van der Waals surface area contributed by atoms with Crippen LogP contribution in [-0.2, 0) is 5.75 Å². The summed E-state index contributed by atoms with van der Waals surface area (Å²) >= 11 is 7.55. The third kappa shape index (κ3) is 4.38. The zero-order valence-corrected chi connectivity index (χ0v) is 18.3. The minimum Gasteiger partial charge on any atom is -0.338 e. The Labute approximate surface area is 183 Å². The van der Waals surface area contributed by atoms with Crippen molar-refractivity contribution in [1.82, 2.24) is 34.8 Å². The van der Waals surface area contributed by atoms with Crippen LogP contribution in [0.3, 0.4) is 0 Å². The number of thioether (sulfide) groups is 1. The monoisotopic (exact) mass is 441 g/mol. The number of benzene rings is 1. The minimum atomic E-state index is 0.0710. The summed E-state index contributed by atoms with van der Waals surface area (Å²) in [5.74, 6) is 2.26. The van der Waals surface area contributed by atoms with Gasteiger partial charge in [0.25, 0.3) is 0 Å². The average Bonchev–Trinajstić information content (AvgIpc) is 3.40. The van der Waals surface area contributed by atoms with Crippen LogP contribution in [0.2, 0.25) is 5.02 Å². The van der Waals surface area contributed by atoms with Gasteiger partial charge in [0, 0.05) is 16.9 Å². The van der Waals surface area contributed by atoms with Crippen molar-refractivity contribution in [3.05, 3.63) is 65.4 Å². The Morgan fingerprint density at radius 3 is 2.63 bits per heavy atom. The molecule has 0 fully saturated rings. The summed E-state index contributed by atoms with van der Waals surface area (Å²) in [4.78, 5) is 10.8. The number of hydrogen-bond acceptors (Lipinski definition) is 8. The van der Waals surface area contributed by atoms with E-state index in [9.17, 15) is 0 Å². The molecule has 4 rings (SSSR count). The van der Waals surface area contributed by atoms with Crippen molar-refractivity contribution in [3.63, 3.8) is 0 Å². The van der Waals surface area contributed by atoms with Gasteiger partial charge in [-0.1, -0.05) is 34.6 Å². The smallest absolute Gasteiger partial charge is 0.237 e. The molecule has 1 atom stereocenters. The lowest BCUT2D eigenvalue weighted by Crippen LogP contribution is -2.20. The summed E-state index contributed by atoms with van der Waals surface area (Å²) in [6.07, 6.45) is 1.70. The molecule has 0 bridgehead atoms. The van der Waals surface area contributed by atoms with Gasteiger partial charge in [0.15, 0.2) is 11.0 Å². The molecule has 0 spiro atoms. The van der Waals surface area contributed by atoms with E-state index in [1.54, 1.807) is 6.20 Å². The van der Waals surface area contributed by atoms with Gasteiger partial charge in [-0.15, -0.1) is 10.2 Å². The molecule has 4 aromatic rings. The SMILES string of the molecule is CC(c1nnc(SCc2nc(-c3ccccn3)no2)n1-c1ccc(Cl)cc1)N(C)C. The summed E-state index contributed by atoms with van der Waals surface area (Å²) < 4.78 is 7.42. The van der Waals surface area contributed by atoms with Crippen LogP contribution in [0.4, 0.5) is 0 Å². The third-order valence-electron chi connectivity index (χ3n) is 4.58. The predicted molar refractivity (Wildman–Crippen MR) is 116 cm³/mol. The molecule has 0 saturated carbocycles. The van der Waals surface area contributed by atoms with E-state index < -0.39 is 0 Å². The molecule has 0 saturated heterocycles. The highest BCUT2D eigenvalue weighted by Gasteiger charge is 2.21. The second kappa shape index (κ2) is 8.95. The topological polar surface area (TPSA) is 85.8 Å². The minimum absolute atomic E-state index is 0.0710. The van der Waals surface area contributed by atoms with E-state index in [-0.39, 0.29) is 6.04 Å². The van der Waals surface area contributed by atoms with E-state index in [4.69, 9.17) is 16.1 Å². The van der Waals surface area contributed by atoms with Gasteiger partial charge in [0.1, 0.15) is 5.69 Å². The Balaban J connectivity index is 1.60. The molecule has 0 aliphatic heterocycles. The predicted octanol–water partition coefficient (Wildman–Crippen LogP) is 4.28. The second-order valence-corrected chi connectivity index (χ2v) is 8.19. The standard InChI is InChI=1S/C20H20ClN7OS/c1-13(27(2)3)19-24-25-20(28(19)15-9-7-14(21)8-10-15)30-12-17-23-18(26-29-17)16-6-4-5-11-22-16/h4-11,13H,12H2,1-3H3. The molecule has 0 amide bonds. The molecule has 0 aliphatic rings. The maximum absolute atomic E-state index is 6.07. The molecule has 3 heterocycles. The fourth-order valence-electron chi connectivity index (χ4n) is 2.75. The lowest BCUT2D eigenvalue weighted by molar-refractivity contribution is 0.305. The maximum Gasteiger partial charge on any atom is 0.237 e. The summed E-state index contributed by atoms with van der Waals surface area (Å²) in [5.41, 5.74) is 1.61. The third-order valence-corrected chi connectivity index (χ3v) is 5.74. The summed E-state index contributed by atoms with van der Waals surface area (Å²) in [6.45, 7) is 2.09. The second-order valence-electron chi connectivity index (χ2n) is 6.81. The number of rotatable bonds is 7. The van der Waals surface area contributed by atoms with E-state index >= 15 is 0 Å². The van der Waals surface area contributed by atoms with Crippen molar-refractivity contribution in [2.24, 2.45) is 0 Å². The van der Waals surface area contributed by atoms with Crippen LogP contribution < -0.4 is 0 Å². The largest absolute Gasteiger partial charge is 0.338 e. The van der Waals surface area contributed by atoms with Gasteiger partial charge >= 0.3 is 0 Å². The molecular formula is C20H20ClN7OS. The summed E-state index contributed by atoms with van der Waals surface area (Å²) in [7, 11) is 4.02. The fourth-order valence-corrected chi connectivity index (χ4v) is 3.67. The van der Waals surface area contributed by atoms with Crippen molar-refractivity contribution in [1.29, 1.82) is 0 Å². The molecule has 1 unspecified atom stereocenters. The highest BCUT2D eigenvalue weighted by molar-refractivity contribution is 7.98. The van der Waals surface area contributed by atoms with E-state index in [0.717, 1.165) is 16.7 Å². The number of hydrogen-bond donors (Lipinski definition) is 0. The van der Waals surface area contributed by atoms with E-state index in [2.05, 4.69) is 37.1 Å². The number of nitrogens with zero attached hydrogens (tertiary/aromatic N) is 7. The Morgan fingerprint density at radius 1 is 1.13 bits per heavy atom. The van der Waals surface area contributed by atoms with Crippen molar-refractivity contribution in [2.75, 3.05) is 14.1 Å². The van der Waals surface area contributed by atoms with Crippen molar-refractivity contribution in [2.45, 2.75) is 23.9 Å². The van der Waals surface area contributed by atoms with Gasteiger partial charge in [-0.25, -0.2) is 0 Å². The first-order valence-electron chi connectivity index (χ1n) is 9.27. The van der Waals surface area contributed by atoms with Crippen molar-refractivity contribution >= 4 is 23.4 Å². The maximum atomic E-state index is 6.07. The van der Waals surface area contributed by atoms with Gasteiger partial charge in [0.05, 0.1) is 11.8 Å². The Hall–Kier alpha value is -2.75. The number of aromatic nitrogens is 6. The van der Waals surface area contributed by atoms with Crippen molar-refractivity contribution in [3.8, 4) is 17.2 Å². The van der Waals surface area contributed by atoms with Crippen LogP contribution >= 0.6 is 23.4 Å². The quantitative estimate of drug-likeness (QED) is 0.393. The summed E-state index contributed by atoms with van der Waals surface area (Å²) in [6, 6.07) is 13.3. The van der Waals surface area contributed by atoms with Gasteiger partial charge in [-0.3, -0.25) is 14.5 Å². The van der Waals surface area contributed by atoms with Gasteiger partial charge in [-0.05, 0) is 57.4 Å². The molecule has 10 heteroatoms. The van der Waals surface area contributed by atoms with Crippen LogP contribution in [0.1, 0.15) is 24.7 Å². The van der Waals surface area contributed by atoms with E-state index in [1.165, 1.54) is 11.8 Å². The van der Waals surface area contributed by atoms with Crippen LogP contribution in [-0.4, -0.2) is 48.9 Å². The first kappa shape index (κ1) is 20.5. The highest BCUT2D eigenvalue weighted by Crippen LogP contribution is 2.29. The first-order valence-corrected chi connectivity index (χ1v) is 10.6. The Kier molecular flexibility index (Phi) is 6.12. The Morgan fingerprint density at radius 2 is 1.93 bits per heavy atom. The van der Waals surface area contributed by atoms with Crippen molar-refractivity contribution < 1.29 is 4.52 Å². The molecule has 0 aliphatic carbocycles. The number of halogens is 1. The molecule has 30 heavy (non-hydrogen) atoms. The zero-order valence-electron chi connectivity index (χ0n) is 16.7. The van der Waals surface area contributed by atoms with Crippen LogP contribution in [0, 0.1) is 0 Å². The van der Waals surface area contributed by atoms with E-state index in [0.29, 0.717) is 28.2 Å². The fraction of sp³-hybridized carbons (Fsp3) is 0.250. The Bertz CT molecular complexity index is 1110. The molecule has 0 radical (unpaired) electrons. The molecule has 0 N–H and O–H groups in total. The van der Waals surface area contributed by atoms with Crippen LogP contribution in [0.25, 0.3) is 17.2 Å². The molecule has 8 nitrogen and oxygen atoms in total. The van der Waals surface area contributed by atoms with Gasteiger partial charge < -0.3 is 4.52 Å². The van der Waals surface area contributed by atoms with Crippen LogP contribution in [0.5, 0.6) is 0 Å². The summed E-state index contributed by atoms with van der Waals surface area (Å²) in [5, 5.41) is 14.3. The normalized spacial score (nSPS) is 12.4. The van der Waals surface area contributed by atoms with Crippen LogP contribution in [0.15, 0.2) is 58.3 Å². The molecular weight excluding hydrogens is 422 g/mol.